The van der Waals surface area contributed by atoms with Gasteiger partial charge in [0.15, 0.2) is 0 Å². The van der Waals surface area contributed by atoms with Gasteiger partial charge in [0.2, 0.25) is 0 Å². The Balaban J connectivity index is 3.43. The molecule has 0 heterocycles. The van der Waals surface area contributed by atoms with E-state index in [0.717, 1.165) is 0 Å². The molecule has 0 aromatic carbocycles. The number of allylic oxidation sites excluding steroid dienone is 3. The van der Waals surface area contributed by atoms with Gasteiger partial charge in [-0.25, -0.2) is 0 Å². The van der Waals surface area contributed by atoms with Crippen molar-refractivity contribution in [2.45, 2.75) is 72.1 Å². The molecule has 1 rings (SSSR count). The summed E-state index contributed by atoms with van der Waals surface area (Å²) in [5.41, 5.74) is 6.39. The first-order valence-corrected chi connectivity index (χ1v) is 10.4. The van der Waals surface area contributed by atoms with E-state index in [2.05, 4.69) is 85.6 Å². The molecule has 0 saturated carbocycles. The van der Waals surface area contributed by atoms with Gasteiger partial charge >= 0.3 is 127 Å². The third-order valence-corrected chi connectivity index (χ3v) is 9.21. The Morgan fingerprint density at radius 2 is 1.50 bits per heavy atom. The molecule has 0 amide bonds. The van der Waals surface area contributed by atoms with Crippen molar-refractivity contribution >= 4 is 8.80 Å². The average Bonchev–Trinajstić information content (AvgIpc) is 2.40. The molecule has 0 aromatic heterocycles. The van der Waals surface area contributed by atoms with Crippen LogP contribution in [0, 0.1) is 0 Å². The van der Waals surface area contributed by atoms with Crippen LogP contribution < -0.4 is 0 Å². The average molecular weight is 298 g/mol. The molecular formula is C15H28NSiTi. The molecule has 0 bridgehead atoms. The summed E-state index contributed by atoms with van der Waals surface area (Å²) in [5, 5.41) is 0.316. The van der Waals surface area contributed by atoms with E-state index in [0.29, 0.717) is 5.04 Å². The Bertz CT molecular complexity index is 415. The van der Waals surface area contributed by atoms with Crippen molar-refractivity contribution in [1.82, 2.24) is 3.38 Å². The Kier molecular flexibility index (Phi) is 4.48. The number of nitrogens with zero attached hydrogens (tertiary/aromatic N) is 1. The summed E-state index contributed by atoms with van der Waals surface area (Å²) < 4.78 is 2.51. The van der Waals surface area contributed by atoms with Crippen LogP contribution in [0.25, 0.3) is 0 Å². The Hall–Kier alpha value is 0.211. The summed E-state index contributed by atoms with van der Waals surface area (Å²) in [7, 11) is -0.816. The van der Waals surface area contributed by atoms with Gasteiger partial charge in [-0.1, -0.05) is 0 Å². The Morgan fingerprint density at radius 1 is 1.06 bits per heavy atom. The molecule has 101 valence electrons. The van der Waals surface area contributed by atoms with E-state index in [1.165, 1.54) is 11.1 Å². The summed E-state index contributed by atoms with van der Waals surface area (Å²) in [5.74, 6) is 0. The number of hydrogen-bond donors (Lipinski definition) is 0. The van der Waals surface area contributed by atoms with E-state index in [4.69, 9.17) is 0 Å². The zero-order chi connectivity index (χ0) is 14.5. The first kappa shape index (κ1) is 16.3. The molecule has 1 unspecified atom stereocenters. The third kappa shape index (κ3) is 2.32. The van der Waals surface area contributed by atoms with Gasteiger partial charge in [0, 0.05) is 0 Å². The van der Waals surface area contributed by atoms with Crippen LogP contribution in [0.2, 0.25) is 18.1 Å². The van der Waals surface area contributed by atoms with Crippen molar-refractivity contribution in [3.63, 3.8) is 0 Å². The van der Waals surface area contributed by atoms with Gasteiger partial charge in [0.1, 0.15) is 0 Å². The molecule has 0 spiro atoms. The van der Waals surface area contributed by atoms with E-state index in [9.17, 15) is 0 Å². The Morgan fingerprint density at radius 3 is 1.83 bits per heavy atom. The van der Waals surface area contributed by atoms with Crippen molar-refractivity contribution in [2.75, 3.05) is 0 Å². The second kappa shape index (κ2) is 4.96. The maximum absolute atomic E-state index is 2.51. The molecule has 0 radical (unpaired) electrons. The monoisotopic (exact) mass is 298 g/mol. The molecule has 0 aliphatic heterocycles. The van der Waals surface area contributed by atoms with Crippen LogP contribution in [0.1, 0.15) is 48.5 Å². The fraction of sp³-hybridized carbons (Fsp3) is 0.733. The van der Waals surface area contributed by atoms with Crippen LogP contribution in [0.3, 0.4) is 0 Å². The molecule has 18 heavy (non-hydrogen) atoms. The third-order valence-electron chi connectivity index (χ3n) is 4.80. The van der Waals surface area contributed by atoms with E-state index in [-0.39, 0.29) is 5.54 Å². The quantitative estimate of drug-likeness (QED) is 0.682. The molecule has 0 N–H and O–H groups in total. The molecule has 1 atom stereocenters. The zero-order valence-corrected chi connectivity index (χ0v) is 16.2. The predicted molar refractivity (Wildman–Crippen MR) is 79.9 cm³/mol. The SMILES string of the molecule is CC1=C(C)C(C)([SiH](C)C)C([N]([Ti])C(C)(C)C)=C1C. The van der Waals surface area contributed by atoms with E-state index in [1.807, 2.05) is 0 Å². The van der Waals surface area contributed by atoms with Crippen LogP contribution in [-0.4, -0.2) is 17.7 Å². The van der Waals surface area contributed by atoms with Gasteiger partial charge < -0.3 is 0 Å². The molecule has 0 aromatic rings. The second-order valence-corrected chi connectivity index (χ2v) is 11.2. The van der Waals surface area contributed by atoms with E-state index in [1.54, 1.807) is 11.3 Å². The first-order valence-electron chi connectivity index (χ1n) is 6.86. The van der Waals surface area contributed by atoms with E-state index < -0.39 is 8.80 Å². The van der Waals surface area contributed by atoms with Crippen molar-refractivity contribution in [1.29, 1.82) is 0 Å². The summed E-state index contributed by atoms with van der Waals surface area (Å²) in [4.78, 5) is 0. The fourth-order valence-electron chi connectivity index (χ4n) is 2.86. The van der Waals surface area contributed by atoms with E-state index >= 15 is 0 Å². The predicted octanol–water partition coefficient (Wildman–Crippen LogP) is 4.42. The number of hydrogen-bond acceptors (Lipinski definition) is 1. The molecule has 1 aliphatic rings. The molecule has 1 nitrogen and oxygen atoms in total. The normalized spacial score (nSPS) is 25.4. The van der Waals surface area contributed by atoms with Gasteiger partial charge in [0.05, 0.1) is 0 Å². The van der Waals surface area contributed by atoms with Gasteiger partial charge in [0.25, 0.3) is 0 Å². The first-order chi connectivity index (χ1) is 7.95. The molecule has 1 aliphatic carbocycles. The van der Waals surface area contributed by atoms with Crippen molar-refractivity contribution in [3.8, 4) is 0 Å². The zero-order valence-electron chi connectivity index (χ0n) is 13.5. The van der Waals surface area contributed by atoms with Crippen LogP contribution in [-0.2, 0) is 20.7 Å². The van der Waals surface area contributed by atoms with Gasteiger partial charge in [-0.2, -0.15) is 0 Å². The summed E-state index contributed by atoms with van der Waals surface area (Å²) in [6.45, 7) is 21.3. The van der Waals surface area contributed by atoms with Crippen LogP contribution in [0.5, 0.6) is 0 Å². The maximum atomic E-state index is 2.51. The fourth-order valence-corrected chi connectivity index (χ4v) is 5.66. The van der Waals surface area contributed by atoms with Crippen molar-refractivity contribution in [3.05, 3.63) is 22.4 Å². The van der Waals surface area contributed by atoms with Crippen LogP contribution in [0.4, 0.5) is 0 Å². The molecule has 0 fully saturated rings. The summed E-state index contributed by atoms with van der Waals surface area (Å²) in [6.07, 6.45) is 0. The number of rotatable bonds is 2. The standard InChI is InChI=1S/C15H28NSi.Ti/c1-10-11(2)13(16-14(4,5)6)15(7,12(10)3)17(8)9;/h17H,1-9H3;/q-1;+1. The summed E-state index contributed by atoms with van der Waals surface area (Å²) in [6, 6.07) is 0. The minimum absolute atomic E-state index is 0.187. The second-order valence-electron chi connectivity index (χ2n) is 7.09. The minimum atomic E-state index is -0.816. The van der Waals surface area contributed by atoms with Crippen LogP contribution in [0.15, 0.2) is 22.4 Å². The van der Waals surface area contributed by atoms with Gasteiger partial charge in [-0.15, -0.1) is 0 Å². The molecule has 0 saturated heterocycles. The van der Waals surface area contributed by atoms with Crippen molar-refractivity contribution < 1.29 is 20.7 Å². The van der Waals surface area contributed by atoms with Gasteiger partial charge in [-0.05, 0) is 0 Å². The van der Waals surface area contributed by atoms with Crippen molar-refractivity contribution in [2.24, 2.45) is 0 Å². The Labute approximate surface area is 127 Å². The topological polar surface area (TPSA) is 3.24 Å². The van der Waals surface area contributed by atoms with Crippen LogP contribution >= 0.6 is 0 Å². The van der Waals surface area contributed by atoms with Gasteiger partial charge in [-0.3, -0.25) is 0 Å². The molecular weight excluding hydrogens is 270 g/mol. The summed E-state index contributed by atoms with van der Waals surface area (Å²) >= 11 is 2.26. The molecule has 3 heteroatoms.